The number of anilines is 1. The summed E-state index contributed by atoms with van der Waals surface area (Å²) in [6.45, 7) is 3.22. The molecule has 1 aliphatic heterocycles. The van der Waals surface area contributed by atoms with Crippen molar-refractivity contribution in [3.05, 3.63) is 29.5 Å². The maximum absolute atomic E-state index is 10.7. The van der Waals surface area contributed by atoms with Crippen molar-refractivity contribution in [2.24, 2.45) is 5.92 Å². The van der Waals surface area contributed by atoms with Crippen LogP contribution in [-0.4, -0.2) is 39.7 Å². The number of aliphatic carboxylic acids is 1. The molecule has 0 saturated carbocycles. The van der Waals surface area contributed by atoms with Crippen LogP contribution in [-0.2, 0) is 14.3 Å². The second-order valence-corrected chi connectivity index (χ2v) is 7.35. The predicted molar refractivity (Wildman–Crippen MR) is 105 cm³/mol. The first-order chi connectivity index (χ1) is 13.2. The van der Waals surface area contributed by atoms with E-state index in [9.17, 15) is 9.59 Å². The van der Waals surface area contributed by atoms with Gasteiger partial charge in [0.1, 0.15) is 17.2 Å². The number of cyclic esters (lactones) is 1. The van der Waals surface area contributed by atoms with Crippen LogP contribution in [0.4, 0.5) is 5.69 Å². The molecule has 1 unspecified atom stereocenters. The lowest BCUT2D eigenvalue weighted by atomic mass is 9.91. The fourth-order valence-corrected chi connectivity index (χ4v) is 3.56. The first-order valence-electron chi connectivity index (χ1n) is 8.47. The third-order valence-corrected chi connectivity index (χ3v) is 5.01. The number of nitrogens with two attached hydrogens (primary N) is 1. The fraction of sp³-hybridized carbons (Fsp3) is 0.316. The molecule has 1 saturated heterocycles. The summed E-state index contributed by atoms with van der Waals surface area (Å²) in [7, 11) is 1.55. The van der Waals surface area contributed by atoms with Crippen molar-refractivity contribution in [3.8, 4) is 5.75 Å². The highest BCUT2D eigenvalue weighted by molar-refractivity contribution is 6.34. The molecular formula is C19H20ClN3O5. The third-order valence-electron chi connectivity index (χ3n) is 4.73. The van der Waals surface area contributed by atoms with Gasteiger partial charge in [0.15, 0.2) is 5.75 Å². The van der Waals surface area contributed by atoms with Gasteiger partial charge in [-0.25, -0.2) is 0 Å². The largest absolute Gasteiger partial charge is 0.493 e. The van der Waals surface area contributed by atoms with Gasteiger partial charge in [0.05, 0.1) is 35.8 Å². The number of H-pyrrole nitrogens is 1. The number of carbonyl (C=O) groups is 2. The van der Waals surface area contributed by atoms with E-state index >= 15 is 0 Å². The van der Waals surface area contributed by atoms with Crippen molar-refractivity contribution in [1.82, 2.24) is 9.97 Å². The Morgan fingerprint density at radius 3 is 2.71 bits per heavy atom. The Kier molecular flexibility index (Phi) is 5.08. The van der Waals surface area contributed by atoms with Crippen LogP contribution in [0, 0.1) is 5.92 Å². The van der Waals surface area contributed by atoms with Gasteiger partial charge >= 0.3 is 11.9 Å². The molecule has 28 heavy (non-hydrogen) atoms. The van der Waals surface area contributed by atoms with Crippen molar-refractivity contribution in [1.29, 1.82) is 0 Å². The molecule has 0 spiro atoms. The van der Waals surface area contributed by atoms with E-state index in [-0.39, 0.29) is 6.42 Å². The zero-order chi connectivity index (χ0) is 20.6. The monoisotopic (exact) mass is 405 g/mol. The van der Waals surface area contributed by atoms with Crippen LogP contribution >= 0.6 is 11.6 Å². The van der Waals surface area contributed by atoms with E-state index < -0.39 is 23.5 Å². The number of carboxylic acid groups (broad SMARTS) is 1. The summed E-state index contributed by atoms with van der Waals surface area (Å²) in [5.41, 5.74) is 7.47. The number of nitrogens with one attached hydrogen (secondary N) is 1. The molecule has 1 atom stereocenters. The molecular weight excluding hydrogens is 386 g/mol. The summed E-state index contributed by atoms with van der Waals surface area (Å²) in [6.07, 6.45) is 3.49. The van der Waals surface area contributed by atoms with E-state index in [2.05, 4.69) is 9.97 Å². The number of nitrogens with zero attached hydrogens (tertiary/aromatic N) is 1. The van der Waals surface area contributed by atoms with Gasteiger partial charge in [-0.2, -0.15) is 0 Å². The minimum atomic E-state index is -0.971. The van der Waals surface area contributed by atoms with Gasteiger partial charge in [0.25, 0.3) is 0 Å². The molecule has 0 bridgehead atoms. The van der Waals surface area contributed by atoms with Gasteiger partial charge in [0, 0.05) is 17.0 Å². The number of halogens is 1. The standard InChI is InChI=1S/C12H10ClN3O.C7H10O4/c1-17-12-8(13)4-7-6-2-3-15-5-9(6)16-11(7)10(12)14;1-7(2)4(6(9)10)3-5(8)11-7/h2-5,16H,14H2,1H3;4H,3H2,1-2H3,(H,9,10). The Bertz CT molecular complexity index is 1080. The molecule has 3 aromatic rings. The normalized spacial score (nSPS) is 17.9. The van der Waals surface area contributed by atoms with Gasteiger partial charge in [-0.15, -0.1) is 0 Å². The van der Waals surface area contributed by atoms with Crippen molar-refractivity contribution < 1.29 is 24.2 Å². The first kappa shape index (κ1) is 19.8. The van der Waals surface area contributed by atoms with E-state index in [0.717, 1.165) is 21.8 Å². The Morgan fingerprint density at radius 2 is 2.18 bits per heavy atom. The van der Waals surface area contributed by atoms with E-state index in [1.807, 2.05) is 12.1 Å². The average Bonchev–Trinajstić information content (AvgIpc) is 3.12. The highest BCUT2D eigenvalue weighted by Gasteiger charge is 2.46. The highest BCUT2D eigenvalue weighted by Crippen LogP contribution is 2.39. The van der Waals surface area contributed by atoms with Crippen molar-refractivity contribution >= 4 is 51.0 Å². The summed E-state index contributed by atoms with van der Waals surface area (Å²) in [4.78, 5) is 28.5. The molecule has 4 rings (SSSR count). The second kappa shape index (κ2) is 7.20. The maximum atomic E-state index is 10.7. The minimum Gasteiger partial charge on any atom is -0.493 e. The summed E-state index contributed by atoms with van der Waals surface area (Å²) in [5.74, 6) is -1.60. The van der Waals surface area contributed by atoms with Crippen LogP contribution in [0.5, 0.6) is 5.75 Å². The molecule has 2 aromatic heterocycles. The lowest BCUT2D eigenvalue weighted by Crippen LogP contribution is -2.32. The number of carbonyl (C=O) groups excluding carboxylic acids is 1. The van der Waals surface area contributed by atoms with Crippen LogP contribution < -0.4 is 10.5 Å². The summed E-state index contributed by atoms with van der Waals surface area (Å²) >= 11 is 6.13. The Hall–Kier alpha value is -3.00. The highest BCUT2D eigenvalue weighted by atomic mass is 35.5. The number of hydrogen-bond donors (Lipinski definition) is 3. The molecule has 3 heterocycles. The zero-order valence-electron chi connectivity index (χ0n) is 15.6. The number of hydrogen-bond acceptors (Lipinski definition) is 6. The number of ether oxygens (including phenoxy) is 2. The fourth-order valence-electron chi connectivity index (χ4n) is 3.27. The number of aromatic amines is 1. The Morgan fingerprint density at radius 1 is 1.46 bits per heavy atom. The summed E-state index contributed by atoms with van der Waals surface area (Å²) < 4.78 is 9.99. The molecule has 0 radical (unpaired) electrons. The molecule has 1 aliphatic rings. The molecule has 8 nitrogen and oxygen atoms in total. The van der Waals surface area contributed by atoms with Crippen molar-refractivity contribution in [2.45, 2.75) is 25.9 Å². The minimum absolute atomic E-state index is 0.0116. The molecule has 1 fully saturated rings. The maximum Gasteiger partial charge on any atom is 0.311 e. The molecule has 1 aromatic carbocycles. The number of pyridine rings is 1. The topological polar surface area (TPSA) is 128 Å². The van der Waals surface area contributed by atoms with E-state index in [4.69, 9.17) is 31.9 Å². The van der Waals surface area contributed by atoms with Gasteiger partial charge in [-0.3, -0.25) is 14.6 Å². The number of benzene rings is 1. The number of carboxylic acids is 1. The number of rotatable bonds is 2. The second-order valence-electron chi connectivity index (χ2n) is 6.95. The van der Waals surface area contributed by atoms with Gasteiger partial charge in [0.2, 0.25) is 0 Å². The van der Waals surface area contributed by atoms with Crippen LogP contribution in [0.15, 0.2) is 24.5 Å². The molecule has 148 valence electrons. The van der Waals surface area contributed by atoms with Crippen LogP contribution in [0.2, 0.25) is 5.02 Å². The zero-order valence-corrected chi connectivity index (χ0v) is 16.3. The van der Waals surface area contributed by atoms with Gasteiger partial charge < -0.3 is 25.3 Å². The van der Waals surface area contributed by atoms with E-state index in [1.54, 1.807) is 33.4 Å². The van der Waals surface area contributed by atoms with Crippen molar-refractivity contribution in [2.75, 3.05) is 12.8 Å². The number of nitrogen functional groups attached to an aromatic ring is 1. The summed E-state index contributed by atoms with van der Waals surface area (Å²) in [6, 6.07) is 3.78. The van der Waals surface area contributed by atoms with Gasteiger partial charge in [-0.1, -0.05) is 11.6 Å². The smallest absolute Gasteiger partial charge is 0.311 e. The SMILES string of the molecule is CC1(C)OC(=O)CC1C(=O)O.COc1c(Cl)cc2c([nH]c3cnccc32)c1N. The number of aromatic nitrogens is 2. The lowest BCUT2D eigenvalue weighted by molar-refractivity contribution is -0.150. The Balaban J connectivity index is 0.000000178. The Labute approximate surface area is 165 Å². The quantitative estimate of drug-likeness (QED) is 0.440. The van der Waals surface area contributed by atoms with Crippen LogP contribution in [0.3, 0.4) is 0 Å². The predicted octanol–water partition coefficient (Wildman–Crippen LogP) is 3.37. The van der Waals surface area contributed by atoms with Crippen LogP contribution in [0.1, 0.15) is 20.3 Å². The molecule has 0 amide bonds. The van der Waals surface area contributed by atoms with Crippen molar-refractivity contribution in [3.63, 3.8) is 0 Å². The lowest BCUT2D eigenvalue weighted by Gasteiger charge is -2.20. The summed E-state index contributed by atoms with van der Waals surface area (Å²) in [5, 5.41) is 11.2. The third kappa shape index (κ3) is 3.43. The number of methoxy groups -OCH3 is 1. The van der Waals surface area contributed by atoms with Crippen LogP contribution in [0.25, 0.3) is 21.8 Å². The molecule has 4 N–H and O–H groups in total. The number of fused-ring (bicyclic) bond motifs is 3. The number of esters is 1. The molecule has 9 heteroatoms. The molecule has 0 aliphatic carbocycles. The first-order valence-corrected chi connectivity index (χ1v) is 8.85. The average molecular weight is 406 g/mol. The van der Waals surface area contributed by atoms with Gasteiger partial charge in [-0.05, 0) is 26.0 Å². The van der Waals surface area contributed by atoms with E-state index in [1.165, 1.54) is 0 Å². The van der Waals surface area contributed by atoms with E-state index in [0.29, 0.717) is 16.5 Å².